The number of aliphatic hydroxyl groups excluding tert-OH is 1. The Labute approximate surface area is 220 Å². The molecule has 1 saturated carbocycles. The maximum atomic E-state index is 10.3. The van der Waals surface area contributed by atoms with Crippen LogP contribution in [0.4, 0.5) is 5.69 Å². The van der Waals surface area contributed by atoms with E-state index in [-0.39, 0.29) is 0 Å². The summed E-state index contributed by atoms with van der Waals surface area (Å²) in [6, 6.07) is 12.0. The zero-order chi connectivity index (χ0) is 25.2. The third-order valence-corrected chi connectivity index (χ3v) is 8.54. The number of nitrogens with one attached hydrogen (secondary N) is 1. The van der Waals surface area contributed by atoms with Crippen LogP contribution in [0.5, 0.6) is 11.5 Å². The zero-order valence-corrected chi connectivity index (χ0v) is 22.6. The first-order valence-electron chi connectivity index (χ1n) is 13.4. The third-order valence-electron chi connectivity index (χ3n) is 8.23. The molecular formula is C29H40ClN3O3. The minimum atomic E-state index is -0.485. The summed E-state index contributed by atoms with van der Waals surface area (Å²) in [7, 11) is 1.67. The number of piperidine rings is 1. The van der Waals surface area contributed by atoms with E-state index >= 15 is 0 Å². The van der Waals surface area contributed by atoms with Crippen LogP contribution >= 0.6 is 11.6 Å². The predicted molar refractivity (Wildman–Crippen MR) is 146 cm³/mol. The first-order valence-corrected chi connectivity index (χ1v) is 13.8. The molecule has 0 radical (unpaired) electrons. The topological polar surface area (TPSA) is 57.2 Å². The highest BCUT2D eigenvalue weighted by molar-refractivity contribution is 6.32. The first kappa shape index (κ1) is 25.7. The van der Waals surface area contributed by atoms with E-state index in [1.807, 2.05) is 6.07 Å². The molecule has 0 aromatic heterocycles. The molecule has 2 aromatic carbocycles. The van der Waals surface area contributed by atoms with Gasteiger partial charge in [0.25, 0.3) is 0 Å². The molecule has 5 rings (SSSR count). The van der Waals surface area contributed by atoms with Crippen LogP contribution in [0.25, 0.3) is 0 Å². The van der Waals surface area contributed by atoms with Crippen molar-refractivity contribution in [2.45, 2.75) is 70.2 Å². The molecule has 7 heteroatoms. The lowest BCUT2D eigenvalue weighted by atomic mass is 9.86. The number of benzene rings is 2. The number of anilines is 1. The van der Waals surface area contributed by atoms with Crippen LogP contribution in [-0.4, -0.2) is 68.1 Å². The lowest BCUT2D eigenvalue weighted by Crippen LogP contribution is -2.56. The quantitative estimate of drug-likeness (QED) is 0.499. The Hall–Kier alpha value is -1.99. The van der Waals surface area contributed by atoms with Crippen LogP contribution in [0.2, 0.25) is 5.02 Å². The van der Waals surface area contributed by atoms with E-state index in [4.69, 9.17) is 21.1 Å². The summed E-state index contributed by atoms with van der Waals surface area (Å²) in [5, 5.41) is 14.3. The SMILES string of the molecule is COc1cc(N2CCN3[C@@H](CCC[C@@H]3c3ccc(OCC(O)CNC4CC4)c(C)c3C)C2)ccc1Cl. The first-order chi connectivity index (χ1) is 17.4. The lowest BCUT2D eigenvalue weighted by Gasteiger charge is -2.49. The number of fused-ring (bicyclic) bond motifs is 1. The second kappa shape index (κ2) is 11.2. The Kier molecular flexibility index (Phi) is 7.96. The molecule has 3 atom stereocenters. The number of aliphatic hydroxyl groups is 1. The average molecular weight is 514 g/mol. The Morgan fingerprint density at radius 1 is 1.06 bits per heavy atom. The summed E-state index contributed by atoms with van der Waals surface area (Å²) in [5.74, 6) is 1.62. The predicted octanol–water partition coefficient (Wildman–Crippen LogP) is 4.87. The summed E-state index contributed by atoms with van der Waals surface area (Å²) in [6.07, 6.45) is 5.61. The fourth-order valence-corrected chi connectivity index (χ4v) is 6.03. The van der Waals surface area contributed by atoms with Gasteiger partial charge in [-0.05, 0) is 80.8 Å². The van der Waals surface area contributed by atoms with Crippen molar-refractivity contribution in [3.8, 4) is 11.5 Å². The Bertz CT molecular complexity index is 1060. The second-order valence-corrected chi connectivity index (χ2v) is 11.1. The number of nitrogens with zero attached hydrogens (tertiary/aromatic N) is 2. The highest BCUT2D eigenvalue weighted by Gasteiger charge is 2.36. The molecule has 196 valence electrons. The molecular weight excluding hydrogens is 474 g/mol. The van der Waals surface area contributed by atoms with E-state index < -0.39 is 6.10 Å². The monoisotopic (exact) mass is 513 g/mol. The van der Waals surface area contributed by atoms with E-state index in [0.717, 1.165) is 31.1 Å². The number of rotatable bonds is 9. The van der Waals surface area contributed by atoms with Gasteiger partial charge in [-0.3, -0.25) is 4.90 Å². The number of halogens is 1. The van der Waals surface area contributed by atoms with Crippen LogP contribution in [0.1, 0.15) is 54.8 Å². The van der Waals surface area contributed by atoms with Gasteiger partial charge >= 0.3 is 0 Å². The molecule has 0 bridgehead atoms. The number of methoxy groups -OCH3 is 1. The average Bonchev–Trinajstić information content (AvgIpc) is 3.73. The molecule has 0 amide bonds. The van der Waals surface area contributed by atoms with Gasteiger partial charge in [-0.25, -0.2) is 0 Å². The summed E-state index contributed by atoms with van der Waals surface area (Å²) < 4.78 is 11.5. The summed E-state index contributed by atoms with van der Waals surface area (Å²) >= 11 is 6.26. The highest BCUT2D eigenvalue weighted by Crippen LogP contribution is 2.40. The van der Waals surface area contributed by atoms with Gasteiger partial charge in [0.15, 0.2) is 0 Å². The summed E-state index contributed by atoms with van der Waals surface area (Å²) in [4.78, 5) is 5.20. The van der Waals surface area contributed by atoms with Gasteiger partial charge < -0.3 is 24.8 Å². The Balaban J connectivity index is 1.24. The van der Waals surface area contributed by atoms with Crippen molar-refractivity contribution in [3.05, 3.63) is 52.0 Å². The number of hydrogen-bond acceptors (Lipinski definition) is 6. The maximum Gasteiger partial charge on any atom is 0.139 e. The molecule has 1 aliphatic carbocycles. The molecule has 2 saturated heterocycles. The number of hydrogen-bond donors (Lipinski definition) is 2. The minimum absolute atomic E-state index is 0.322. The van der Waals surface area contributed by atoms with Crippen molar-refractivity contribution in [3.63, 3.8) is 0 Å². The van der Waals surface area contributed by atoms with Crippen LogP contribution in [0.15, 0.2) is 30.3 Å². The van der Waals surface area contributed by atoms with Gasteiger partial charge in [0.2, 0.25) is 0 Å². The molecule has 1 unspecified atom stereocenters. The fourth-order valence-electron chi connectivity index (χ4n) is 5.83. The largest absolute Gasteiger partial charge is 0.495 e. The Morgan fingerprint density at radius 2 is 1.89 bits per heavy atom. The van der Waals surface area contributed by atoms with E-state index in [2.05, 4.69) is 53.2 Å². The zero-order valence-electron chi connectivity index (χ0n) is 21.8. The third kappa shape index (κ3) is 5.62. The van der Waals surface area contributed by atoms with Crippen LogP contribution < -0.4 is 19.7 Å². The maximum absolute atomic E-state index is 10.3. The van der Waals surface area contributed by atoms with Gasteiger partial charge in [0, 0.05) is 56.1 Å². The molecule has 2 aromatic rings. The molecule has 2 aliphatic heterocycles. The van der Waals surface area contributed by atoms with Crippen molar-refractivity contribution in [2.75, 3.05) is 44.8 Å². The lowest BCUT2D eigenvalue weighted by molar-refractivity contribution is 0.0711. The van der Waals surface area contributed by atoms with Crippen molar-refractivity contribution < 1.29 is 14.6 Å². The van der Waals surface area contributed by atoms with Gasteiger partial charge in [-0.15, -0.1) is 0 Å². The second-order valence-electron chi connectivity index (χ2n) is 10.7. The highest BCUT2D eigenvalue weighted by atomic mass is 35.5. The van der Waals surface area contributed by atoms with Crippen LogP contribution in [0.3, 0.4) is 0 Å². The van der Waals surface area contributed by atoms with Gasteiger partial charge in [0.1, 0.15) is 24.2 Å². The fraction of sp³-hybridized carbons (Fsp3) is 0.586. The van der Waals surface area contributed by atoms with E-state index in [1.165, 1.54) is 54.5 Å². The standard InChI is InChI=1S/C29H40ClN3O3/c1-19-20(2)28(36-18-24(34)16-31-21-7-8-21)12-10-25(19)27-6-4-5-23-17-32(13-14-33(23)27)22-9-11-26(30)29(15-22)35-3/h9-12,15,21,23-24,27,31,34H,4-8,13-14,16-18H2,1-3H3/t23-,24?,27+/m0/s1. The normalized spacial score (nSPS) is 23.3. The molecule has 6 nitrogen and oxygen atoms in total. The van der Waals surface area contributed by atoms with Crippen molar-refractivity contribution >= 4 is 17.3 Å². The molecule has 2 heterocycles. The van der Waals surface area contributed by atoms with Gasteiger partial charge in [0.05, 0.1) is 12.1 Å². The molecule has 2 N–H and O–H groups in total. The van der Waals surface area contributed by atoms with Crippen molar-refractivity contribution in [2.24, 2.45) is 0 Å². The van der Waals surface area contributed by atoms with E-state index in [0.29, 0.717) is 36.3 Å². The molecule has 0 spiro atoms. The van der Waals surface area contributed by atoms with E-state index in [1.54, 1.807) is 7.11 Å². The van der Waals surface area contributed by atoms with Crippen molar-refractivity contribution in [1.29, 1.82) is 0 Å². The number of piperazine rings is 1. The van der Waals surface area contributed by atoms with Crippen molar-refractivity contribution in [1.82, 2.24) is 10.2 Å². The van der Waals surface area contributed by atoms with Gasteiger partial charge in [-0.1, -0.05) is 17.7 Å². The summed E-state index contributed by atoms with van der Waals surface area (Å²) in [5.41, 5.74) is 5.10. The molecule has 36 heavy (non-hydrogen) atoms. The van der Waals surface area contributed by atoms with E-state index in [9.17, 15) is 5.11 Å². The molecule has 3 aliphatic rings. The smallest absolute Gasteiger partial charge is 0.139 e. The molecule has 3 fully saturated rings. The van der Waals surface area contributed by atoms with Gasteiger partial charge in [-0.2, -0.15) is 0 Å². The van der Waals surface area contributed by atoms with Crippen LogP contribution in [-0.2, 0) is 0 Å². The minimum Gasteiger partial charge on any atom is -0.495 e. The summed E-state index contributed by atoms with van der Waals surface area (Å²) in [6.45, 7) is 8.34. The Morgan fingerprint density at radius 3 is 2.67 bits per heavy atom. The van der Waals surface area contributed by atoms with Crippen LogP contribution in [0, 0.1) is 13.8 Å². The number of ether oxygens (including phenoxy) is 2.